The highest BCUT2D eigenvalue weighted by atomic mass is 19.4. The van der Waals surface area contributed by atoms with Crippen LogP contribution in [0.1, 0.15) is 18.9 Å². The molecule has 1 saturated heterocycles. The van der Waals surface area contributed by atoms with Gasteiger partial charge in [-0.3, -0.25) is 4.84 Å². The van der Waals surface area contributed by atoms with E-state index in [1.807, 2.05) is 0 Å². The highest BCUT2D eigenvalue weighted by molar-refractivity contribution is 5.45. The van der Waals surface area contributed by atoms with Crippen LogP contribution in [0.5, 0.6) is 0 Å². The summed E-state index contributed by atoms with van der Waals surface area (Å²) in [6.07, 6.45) is -7.08. The lowest BCUT2D eigenvalue weighted by atomic mass is 9.76. The van der Waals surface area contributed by atoms with Crippen molar-refractivity contribution in [2.24, 2.45) is 5.84 Å². The zero-order valence-electron chi connectivity index (χ0n) is 10.7. The summed E-state index contributed by atoms with van der Waals surface area (Å²) in [4.78, 5) is 4.57. The smallest absolute Gasteiger partial charge is 0.396 e. The minimum absolute atomic E-state index is 0.0695. The number of halogens is 4. The topological polar surface area (TPSA) is 64.5 Å². The van der Waals surface area contributed by atoms with E-state index in [-0.39, 0.29) is 17.8 Å². The summed E-state index contributed by atoms with van der Waals surface area (Å²) < 4.78 is 52.6. The molecule has 0 bridgehead atoms. The molecule has 0 aliphatic carbocycles. The molecule has 1 fully saturated rings. The minimum atomic E-state index is -4.57. The average molecular weight is 293 g/mol. The van der Waals surface area contributed by atoms with Gasteiger partial charge in [0.25, 0.3) is 0 Å². The van der Waals surface area contributed by atoms with Crippen LogP contribution in [-0.2, 0) is 10.3 Å². The molecular weight excluding hydrogens is 278 g/mol. The van der Waals surface area contributed by atoms with Crippen molar-refractivity contribution in [1.82, 2.24) is 5.17 Å². The Kier molecular flexibility index (Phi) is 3.66. The molecule has 1 aromatic rings. The Morgan fingerprint density at radius 2 is 2.05 bits per heavy atom. The van der Waals surface area contributed by atoms with Gasteiger partial charge < -0.3 is 5.73 Å². The summed E-state index contributed by atoms with van der Waals surface area (Å²) in [5.41, 5.74) is 4.32. The fourth-order valence-electron chi connectivity index (χ4n) is 2.44. The summed E-state index contributed by atoms with van der Waals surface area (Å²) in [6, 6.07) is 4.26. The van der Waals surface area contributed by atoms with E-state index in [1.165, 1.54) is 25.1 Å². The minimum Gasteiger partial charge on any atom is -0.396 e. The summed E-state index contributed by atoms with van der Waals surface area (Å²) in [6.45, 7) is 1.44. The molecule has 0 aromatic heterocycles. The van der Waals surface area contributed by atoms with Gasteiger partial charge in [0.15, 0.2) is 6.10 Å². The Balaban J connectivity index is 2.40. The average Bonchev–Trinajstić information content (AvgIpc) is 2.30. The third kappa shape index (κ3) is 2.72. The zero-order chi connectivity index (χ0) is 15.1. The number of hydroxylamine groups is 1. The molecule has 4 nitrogen and oxygen atoms in total. The number of hydrogen-bond acceptors (Lipinski definition) is 4. The van der Waals surface area contributed by atoms with Gasteiger partial charge in [-0.25, -0.2) is 10.2 Å². The SMILES string of the molecule is C[C@@]1(c2cccc(N)c2F)C[C@@H](C(F)(F)F)ON(N)C1. The van der Waals surface area contributed by atoms with Gasteiger partial charge in [0.2, 0.25) is 0 Å². The van der Waals surface area contributed by atoms with Crippen LogP contribution in [0.4, 0.5) is 23.2 Å². The molecular formula is C12H15F4N3O. The lowest BCUT2D eigenvalue weighted by Gasteiger charge is -2.42. The van der Waals surface area contributed by atoms with Crippen LogP contribution in [-0.4, -0.2) is 24.0 Å². The van der Waals surface area contributed by atoms with E-state index in [0.29, 0.717) is 5.17 Å². The molecule has 1 aromatic carbocycles. The molecule has 1 aliphatic rings. The highest BCUT2D eigenvalue weighted by Gasteiger charge is 2.50. The van der Waals surface area contributed by atoms with E-state index in [1.54, 1.807) is 0 Å². The van der Waals surface area contributed by atoms with Crippen LogP contribution in [0, 0.1) is 5.82 Å². The van der Waals surface area contributed by atoms with Crippen molar-refractivity contribution in [3.8, 4) is 0 Å². The van der Waals surface area contributed by atoms with Crippen LogP contribution in [0.15, 0.2) is 18.2 Å². The molecule has 4 N–H and O–H groups in total. The monoisotopic (exact) mass is 293 g/mol. The van der Waals surface area contributed by atoms with E-state index in [2.05, 4.69) is 4.84 Å². The quantitative estimate of drug-likeness (QED) is 0.473. The van der Waals surface area contributed by atoms with Gasteiger partial charge in [0.1, 0.15) is 5.82 Å². The first-order valence-electron chi connectivity index (χ1n) is 5.94. The second kappa shape index (κ2) is 4.87. The van der Waals surface area contributed by atoms with Crippen LogP contribution in [0.3, 0.4) is 0 Å². The predicted octanol–water partition coefficient (Wildman–Crippen LogP) is 2.11. The van der Waals surface area contributed by atoms with Crippen molar-refractivity contribution >= 4 is 5.69 Å². The second-order valence-electron chi connectivity index (χ2n) is 5.18. The summed E-state index contributed by atoms with van der Waals surface area (Å²) in [5, 5.41) is 0.601. The van der Waals surface area contributed by atoms with Gasteiger partial charge in [0.05, 0.1) is 5.69 Å². The summed E-state index contributed by atoms with van der Waals surface area (Å²) in [7, 11) is 0. The van der Waals surface area contributed by atoms with Crippen molar-refractivity contribution < 1.29 is 22.4 Å². The number of anilines is 1. The Morgan fingerprint density at radius 1 is 1.40 bits per heavy atom. The van der Waals surface area contributed by atoms with Crippen molar-refractivity contribution in [1.29, 1.82) is 0 Å². The molecule has 20 heavy (non-hydrogen) atoms. The first kappa shape index (κ1) is 15.0. The standard InChI is InChI=1S/C12H15F4N3O/c1-11(7-3-2-4-8(17)10(7)13)5-9(12(14,15)16)20-19(18)6-11/h2-4,9H,5-6,17-18H2,1H3/t9-,11+/m0/s1. The predicted molar refractivity (Wildman–Crippen MR) is 64.6 cm³/mol. The second-order valence-corrected chi connectivity index (χ2v) is 5.18. The fourth-order valence-corrected chi connectivity index (χ4v) is 2.44. The Labute approximate surface area is 113 Å². The molecule has 1 aliphatic heterocycles. The number of nitrogens with two attached hydrogens (primary N) is 2. The van der Waals surface area contributed by atoms with E-state index in [4.69, 9.17) is 11.6 Å². The van der Waals surface area contributed by atoms with E-state index in [0.717, 1.165) is 0 Å². The molecule has 0 saturated carbocycles. The number of hydrazine groups is 1. The molecule has 0 spiro atoms. The van der Waals surface area contributed by atoms with Crippen molar-refractivity contribution in [2.75, 3.05) is 12.3 Å². The molecule has 2 rings (SSSR count). The highest BCUT2D eigenvalue weighted by Crippen LogP contribution is 2.41. The molecule has 0 unspecified atom stereocenters. The van der Waals surface area contributed by atoms with Gasteiger partial charge in [-0.2, -0.15) is 13.2 Å². The summed E-state index contributed by atoms with van der Waals surface area (Å²) >= 11 is 0. The maximum atomic E-state index is 14.1. The Hall–Kier alpha value is -1.38. The Morgan fingerprint density at radius 3 is 2.65 bits per heavy atom. The van der Waals surface area contributed by atoms with Crippen LogP contribution >= 0.6 is 0 Å². The van der Waals surface area contributed by atoms with Crippen molar-refractivity contribution in [3.05, 3.63) is 29.6 Å². The molecule has 112 valence electrons. The van der Waals surface area contributed by atoms with Gasteiger partial charge in [0, 0.05) is 12.0 Å². The molecule has 1 heterocycles. The van der Waals surface area contributed by atoms with Crippen molar-refractivity contribution in [2.45, 2.75) is 31.0 Å². The Bertz CT molecular complexity index is 508. The maximum absolute atomic E-state index is 14.1. The zero-order valence-corrected chi connectivity index (χ0v) is 10.7. The number of nitrogen functional groups attached to an aromatic ring is 1. The first-order chi connectivity index (χ1) is 9.13. The lowest BCUT2D eigenvalue weighted by Crippen LogP contribution is -2.55. The number of hydrogen-bond donors (Lipinski definition) is 2. The number of rotatable bonds is 1. The van der Waals surface area contributed by atoms with E-state index >= 15 is 0 Å². The van der Waals surface area contributed by atoms with Crippen LogP contribution in [0.2, 0.25) is 0 Å². The normalized spacial score (nSPS) is 28.6. The maximum Gasteiger partial charge on any atom is 0.416 e. The van der Waals surface area contributed by atoms with Gasteiger partial charge in [-0.15, -0.1) is 5.17 Å². The first-order valence-corrected chi connectivity index (χ1v) is 5.94. The van der Waals surface area contributed by atoms with Gasteiger partial charge >= 0.3 is 6.18 Å². The third-order valence-electron chi connectivity index (χ3n) is 3.45. The van der Waals surface area contributed by atoms with E-state index in [9.17, 15) is 17.6 Å². The lowest BCUT2D eigenvalue weighted by molar-refractivity contribution is -0.327. The largest absolute Gasteiger partial charge is 0.416 e. The molecule has 0 radical (unpaired) electrons. The summed E-state index contributed by atoms with van der Waals surface area (Å²) in [5.74, 6) is 4.66. The molecule has 2 atom stereocenters. The third-order valence-corrected chi connectivity index (χ3v) is 3.45. The van der Waals surface area contributed by atoms with Gasteiger partial charge in [-0.1, -0.05) is 19.1 Å². The van der Waals surface area contributed by atoms with Gasteiger partial charge in [-0.05, 0) is 18.1 Å². The van der Waals surface area contributed by atoms with E-state index < -0.39 is 29.9 Å². The fraction of sp³-hybridized carbons (Fsp3) is 0.500. The molecule has 8 heteroatoms. The molecule has 0 amide bonds. The van der Waals surface area contributed by atoms with Crippen LogP contribution < -0.4 is 11.6 Å². The number of nitrogens with zero attached hydrogens (tertiary/aromatic N) is 1. The number of benzene rings is 1. The van der Waals surface area contributed by atoms with Crippen molar-refractivity contribution in [3.63, 3.8) is 0 Å². The number of alkyl halides is 3. The van der Waals surface area contributed by atoms with Crippen LogP contribution in [0.25, 0.3) is 0 Å².